The quantitative estimate of drug-likeness (QED) is 0.736. The second-order valence-electron chi connectivity index (χ2n) is 2.69. The Bertz CT molecular complexity index is 465. The van der Waals surface area contributed by atoms with E-state index in [1.54, 1.807) is 12.3 Å². The summed E-state index contributed by atoms with van der Waals surface area (Å²) in [6.07, 6.45) is 1.73. The van der Waals surface area contributed by atoms with Crippen LogP contribution in [-0.4, -0.2) is 4.98 Å². The summed E-state index contributed by atoms with van der Waals surface area (Å²) in [7, 11) is 0. The molecular formula is C9H6BrClN2. The van der Waals surface area contributed by atoms with E-state index in [1.807, 2.05) is 12.1 Å². The third kappa shape index (κ3) is 1.49. The molecule has 1 aromatic heterocycles. The molecule has 4 heteroatoms. The molecule has 2 rings (SSSR count). The molecule has 0 aliphatic heterocycles. The average molecular weight is 258 g/mol. The Morgan fingerprint density at radius 3 is 2.92 bits per heavy atom. The van der Waals surface area contributed by atoms with Gasteiger partial charge in [-0.1, -0.05) is 11.6 Å². The minimum atomic E-state index is 0.561. The van der Waals surface area contributed by atoms with Crippen LogP contribution >= 0.6 is 27.5 Å². The molecule has 0 aliphatic rings. The maximum Gasteiger partial charge on any atom is 0.0729 e. The number of nitrogen functional groups attached to an aromatic ring is 1. The number of rotatable bonds is 0. The smallest absolute Gasteiger partial charge is 0.0729 e. The summed E-state index contributed by atoms with van der Waals surface area (Å²) >= 11 is 9.34. The first-order valence-electron chi connectivity index (χ1n) is 3.68. The highest BCUT2D eigenvalue weighted by atomic mass is 79.9. The Kier molecular flexibility index (Phi) is 2.14. The number of pyridine rings is 1. The summed E-state index contributed by atoms with van der Waals surface area (Å²) in [6.45, 7) is 0. The zero-order valence-corrected chi connectivity index (χ0v) is 8.93. The van der Waals surface area contributed by atoms with E-state index < -0.39 is 0 Å². The van der Waals surface area contributed by atoms with Crippen molar-refractivity contribution in [2.24, 2.45) is 0 Å². The van der Waals surface area contributed by atoms with Gasteiger partial charge in [-0.05, 0) is 34.1 Å². The molecular weight excluding hydrogens is 251 g/mol. The number of benzene rings is 1. The minimum Gasteiger partial charge on any atom is -0.398 e. The molecule has 1 heterocycles. The number of nitrogens with two attached hydrogens (primary N) is 1. The van der Waals surface area contributed by atoms with E-state index in [0.29, 0.717) is 10.7 Å². The largest absolute Gasteiger partial charge is 0.398 e. The lowest BCUT2D eigenvalue weighted by atomic mass is 10.2. The van der Waals surface area contributed by atoms with Crippen LogP contribution in [0, 0.1) is 0 Å². The zero-order chi connectivity index (χ0) is 9.42. The Hall–Kier alpha value is -0.800. The first-order chi connectivity index (χ1) is 6.18. The number of fused-ring (bicyclic) bond motifs is 1. The molecule has 66 valence electrons. The average Bonchev–Trinajstić information content (AvgIpc) is 2.12. The second kappa shape index (κ2) is 3.16. The van der Waals surface area contributed by atoms with Gasteiger partial charge >= 0.3 is 0 Å². The third-order valence-electron chi connectivity index (χ3n) is 1.80. The highest BCUT2D eigenvalue weighted by molar-refractivity contribution is 9.10. The number of nitrogens with zero attached hydrogens (tertiary/aromatic N) is 1. The molecule has 0 spiro atoms. The standard InChI is InChI=1S/C9H6BrClN2/c10-5-3-6-8(13-4-5)2-1-7(12)9(6)11/h1-4H,12H2. The lowest BCUT2D eigenvalue weighted by molar-refractivity contribution is 1.39. The van der Waals surface area contributed by atoms with E-state index in [9.17, 15) is 0 Å². The van der Waals surface area contributed by atoms with Crippen LogP contribution in [0.2, 0.25) is 5.02 Å². The molecule has 0 saturated carbocycles. The minimum absolute atomic E-state index is 0.561. The number of aromatic nitrogens is 1. The molecule has 0 amide bonds. The normalized spacial score (nSPS) is 10.6. The van der Waals surface area contributed by atoms with Crippen molar-refractivity contribution in [3.63, 3.8) is 0 Å². The predicted octanol–water partition coefficient (Wildman–Crippen LogP) is 3.23. The van der Waals surface area contributed by atoms with Gasteiger partial charge in [0.25, 0.3) is 0 Å². The monoisotopic (exact) mass is 256 g/mol. The maximum absolute atomic E-state index is 6.01. The van der Waals surface area contributed by atoms with Gasteiger partial charge in [0.05, 0.1) is 16.2 Å². The Labute approximate surface area is 88.8 Å². The van der Waals surface area contributed by atoms with E-state index in [1.165, 1.54) is 0 Å². The summed E-state index contributed by atoms with van der Waals surface area (Å²) < 4.78 is 0.896. The molecule has 0 fully saturated rings. The topological polar surface area (TPSA) is 38.9 Å². The molecule has 0 atom stereocenters. The van der Waals surface area contributed by atoms with E-state index in [2.05, 4.69) is 20.9 Å². The van der Waals surface area contributed by atoms with Crippen molar-refractivity contribution in [2.45, 2.75) is 0 Å². The lowest BCUT2D eigenvalue weighted by Gasteiger charge is -2.02. The number of halogens is 2. The van der Waals surface area contributed by atoms with Crippen LogP contribution in [-0.2, 0) is 0 Å². The first kappa shape index (κ1) is 8.78. The van der Waals surface area contributed by atoms with Crippen molar-refractivity contribution in [2.75, 3.05) is 5.73 Å². The molecule has 13 heavy (non-hydrogen) atoms. The summed E-state index contributed by atoms with van der Waals surface area (Å²) in [5, 5.41) is 1.43. The summed E-state index contributed by atoms with van der Waals surface area (Å²) in [5.41, 5.74) is 7.09. The van der Waals surface area contributed by atoms with Gasteiger partial charge in [0.15, 0.2) is 0 Å². The number of anilines is 1. The van der Waals surface area contributed by atoms with E-state index in [0.717, 1.165) is 15.4 Å². The summed E-state index contributed by atoms with van der Waals surface area (Å²) in [5.74, 6) is 0. The van der Waals surface area contributed by atoms with Crippen LogP contribution < -0.4 is 5.73 Å². The van der Waals surface area contributed by atoms with Crippen LogP contribution in [0.25, 0.3) is 10.9 Å². The number of hydrogen-bond acceptors (Lipinski definition) is 2. The van der Waals surface area contributed by atoms with E-state index in [-0.39, 0.29) is 0 Å². The van der Waals surface area contributed by atoms with Crippen molar-refractivity contribution < 1.29 is 0 Å². The van der Waals surface area contributed by atoms with Crippen molar-refractivity contribution in [1.82, 2.24) is 4.98 Å². The van der Waals surface area contributed by atoms with E-state index >= 15 is 0 Å². The second-order valence-corrected chi connectivity index (χ2v) is 3.98. The molecule has 1 aromatic carbocycles. The molecule has 0 unspecified atom stereocenters. The molecule has 2 N–H and O–H groups in total. The summed E-state index contributed by atoms with van der Waals surface area (Å²) in [4.78, 5) is 4.20. The van der Waals surface area contributed by atoms with Crippen LogP contribution in [0.15, 0.2) is 28.9 Å². The van der Waals surface area contributed by atoms with Gasteiger partial charge in [0, 0.05) is 16.1 Å². The SMILES string of the molecule is Nc1ccc2ncc(Br)cc2c1Cl. The number of hydrogen-bond donors (Lipinski definition) is 1. The van der Waals surface area contributed by atoms with Gasteiger partial charge < -0.3 is 5.73 Å². The molecule has 0 aliphatic carbocycles. The predicted molar refractivity (Wildman–Crippen MR) is 58.9 cm³/mol. The Morgan fingerprint density at radius 1 is 1.38 bits per heavy atom. The fourth-order valence-electron chi connectivity index (χ4n) is 1.16. The van der Waals surface area contributed by atoms with Crippen molar-refractivity contribution in [3.8, 4) is 0 Å². The first-order valence-corrected chi connectivity index (χ1v) is 4.85. The Morgan fingerprint density at radius 2 is 2.15 bits per heavy atom. The van der Waals surface area contributed by atoms with Crippen molar-refractivity contribution >= 4 is 44.1 Å². The van der Waals surface area contributed by atoms with Gasteiger partial charge in [0.2, 0.25) is 0 Å². The highest BCUT2D eigenvalue weighted by Crippen LogP contribution is 2.29. The lowest BCUT2D eigenvalue weighted by Crippen LogP contribution is -1.88. The van der Waals surface area contributed by atoms with Gasteiger partial charge in [0.1, 0.15) is 0 Å². The van der Waals surface area contributed by atoms with Crippen molar-refractivity contribution in [3.05, 3.63) is 33.9 Å². The van der Waals surface area contributed by atoms with Gasteiger partial charge in [-0.3, -0.25) is 4.98 Å². The van der Waals surface area contributed by atoms with Gasteiger partial charge in [-0.15, -0.1) is 0 Å². The van der Waals surface area contributed by atoms with Gasteiger partial charge in [-0.2, -0.15) is 0 Å². The van der Waals surface area contributed by atoms with E-state index in [4.69, 9.17) is 17.3 Å². The van der Waals surface area contributed by atoms with Crippen LogP contribution in [0.4, 0.5) is 5.69 Å². The van der Waals surface area contributed by atoms with Crippen LogP contribution in [0.5, 0.6) is 0 Å². The molecule has 2 nitrogen and oxygen atoms in total. The molecule has 2 aromatic rings. The zero-order valence-electron chi connectivity index (χ0n) is 6.59. The van der Waals surface area contributed by atoms with Crippen molar-refractivity contribution in [1.29, 1.82) is 0 Å². The summed E-state index contributed by atoms with van der Waals surface area (Å²) in [6, 6.07) is 5.51. The Balaban J connectivity index is 2.89. The fourth-order valence-corrected chi connectivity index (χ4v) is 1.70. The third-order valence-corrected chi connectivity index (χ3v) is 2.65. The molecule has 0 bridgehead atoms. The highest BCUT2D eigenvalue weighted by Gasteiger charge is 2.03. The van der Waals surface area contributed by atoms with Crippen LogP contribution in [0.3, 0.4) is 0 Å². The maximum atomic E-state index is 6.01. The van der Waals surface area contributed by atoms with Gasteiger partial charge in [-0.25, -0.2) is 0 Å². The van der Waals surface area contributed by atoms with Crippen LogP contribution in [0.1, 0.15) is 0 Å². The molecule has 0 saturated heterocycles. The fraction of sp³-hybridized carbons (Fsp3) is 0. The molecule has 0 radical (unpaired) electrons.